The van der Waals surface area contributed by atoms with Crippen LogP contribution in [0.1, 0.15) is 192 Å². The van der Waals surface area contributed by atoms with Gasteiger partial charge in [0.15, 0.2) is 0 Å². The van der Waals surface area contributed by atoms with Gasteiger partial charge < -0.3 is 0 Å². The van der Waals surface area contributed by atoms with Crippen LogP contribution in [0.25, 0.3) is 22.3 Å². The molecule has 0 atom stereocenters. The third-order valence-corrected chi connectivity index (χ3v) is 16.2. The van der Waals surface area contributed by atoms with Gasteiger partial charge in [-0.25, -0.2) is 24.3 Å². The Balaban J connectivity index is 0.000000236. The summed E-state index contributed by atoms with van der Waals surface area (Å²) in [5, 5.41) is 0. The van der Waals surface area contributed by atoms with E-state index in [0.717, 1.165) is 25.7 Å². The van der Waals surface area contributed by atoms with E-state index in [4.69, 9.17) is 0 Å². The van der Waals surface area contributed by atoms with Crippen LogP contribution >= 0.6 is 24.8 Å². The zero-order valence-electron chi connectivity index (χ0n) is 42.5. The Morgan fingerprint density at radius 1 is 0.424 bits per heavy atom. The maximum atomic E-state index is 3.53. The summed E-state index contributed by atoms with van der Waals surface area (Å²) in [6.45, 7) is 27.3. The maximum absolute atomic E-state index is 3.53. The zero-order valence-corrected chi connectivity index (χ0v) is 51.4. The molecule has 6 aliphatic carbocycles. The molecule has 0 aromatic heterocycles. The van der Waals surface area contributed by atoms with Gasteiger partial charge in [-0.2, -0.15) is 70.8 Å². The van der Waals surface area contributed by atoms with Crippen LogP contribution in [0.15, 0.2) is 97.1 Å². The van der Waals surface area contributed by atoms with Crippen molar-refractivity contribution in [3.05, 3.63) is 166 Å². The summed E-state index contributed by atoms with van der Waals surface area (Å²) in [5.74, 6) is 0. The first-order chi connectivity index (χ1) is 30.1. The van der Waals surface area contributed by atoms with Gasteiger partial charge in [0.1, 0.15) is 0 Å². The molecular weight excluding hydrogens is 1170 g/mol. The summed E-state index contributed by atoms with van der Waals surface area (Å²) in [4.78, 5) is 0. The summed E-state index contributed by atoms with van der Waals surface area (Å²) >= 11 is 2.74. The second kappa shape index (κ2) is 26.2. The van der Waals surface area contributed by atoms with Crippen molar-refractivity contribution in [1.82, 2.24) is 0 Å². The molecule has 0 aliphatic heterocycles. The quantitative estimate of drug-likeness (QED) is 0.105. The van der Waals surface area contributed by atoms with Crippen LogP contribution in [-0.4, -0.2) is 6.51 Å². The van der Waals surface area contributed by atoms with Crippen molar-refractivity contribution in [3.8, 4) is 22.3 Å². The topological polar surface area (TPSA) is 0 Å². The zero-order chi connectivity index (χ0) is 46.7. The first kappa shape index (κ1) is 58.2. The molecule has 66 heavy (non-hydrogen) atoms. The fraction of sp³-hybridized carbons (Fsp3) is 0.452. The van der Waals surface area contributed by atoms with Crippen LogP contribution < -0.4 is 0 Å². The van der Waals surface area contributed by atoms with Gasteiger partial charge in [0, 0.05) is 0 Å². The van der Waals surface area contributed by atoms with Crippen LogP contribution in [0, 0.1) is 24.3 Å². The second-order valence-electron chi connectivity index (χ2n) is 22.3. The Morgan fingerprint density at radius 2 is 0.742 bits per heavy atom. The van der Waals surface area contributed by atoms with Crippen LogP contribution in [0.5, 0.6) is 0 Å². The fourth-order valence-electron chi connectivity index (χ4n) is 8.25. The molecule has 0 bridgehead atoms. The standard InChI is InChI=1S/2C21H25.2C5H8.2C5H5.2ClH.2Hf/c2*1-20(2,3)16-9-7-14-11-15-8-10-17(21(4,5)6)13-19(15)18(14)12-16;4*1-2-4-5-3-1;;;;/h2*7,9-10,12-13H,11H2,1-6H3;2*1-4H2;2*1-3H,4H2;2*1H;;/q2*-1;;;2*-1;;;2*+2. The van der Waals surface area contributed by atoms with Gasteiger partial charge in [-0.1, -0.05) is 153 Å². The van der Waals surface area contributed by atoms with Crippen molar-refractivity contribution in [3.63, 3.8) is 0 Å². The van der Waals surface area contributed by atoms with Crippen molar-refractivity contribution in [2.45, 2.75) is 182 Å². The van der Waals surface area contributed by atoms with Crippen LogP contribution in [0.3, 0.4) is 0 Å². The van der Waals surface area contributed by atoms with Gasteiger partial charge >= 0.3 is 106 Å². The van der Waals surface area contributed by atoms with E-state index in [9.17, 15) is 0 Å². The van der Waals surface area contributed by atoms with Crippen molar-refractivity contribution in [2.24, 2.45) is 0 Å². The van der Waals surface area contributed by atoms with E-state index in [0.29, 0.717) is 0 Å². The van der Waals surface area contributed by atoms with Gasteiger partial charge in [-0.15, -0.1) is 48.8 Å². The Labute approximate surface area is 445 Å². The minimum atomic E-state index is 0. The number of fused-ring (bicyclic) bond motifs is 6. The Hall–Kier alpha value is -2.10. The Bertz CT molecular complexity index is 2030. The van der Waals surface area contributed by atoms with Crippen LogP contribution in [-0.2, 0) is 82.3 Å². The molecule has 2 saturated carbocycles. The molecule has 0 unspecified atom stereocenters. The van der Waals surface area contributed by atoms with E-state index in [-0.39, 0.29) is 46.5 Å². The number of allylic oxidation sites excluding steroid dienone is 8. The molecular formula is C62H78Cl2Hf2. The van der Waals surface area contributed by atoms with Crippen molar-refractivity contribution in [1.29, 1.82) is 0 Å². The molecule has 0 nitrogen and oxygen atoms in total. The number of benzene rings is 4. The van der Waals surface area contributed by atoms with Gasteiger partial charge in [0.25, 0.3) is 0 Å². The van der Waals surface area contributed by atoms with Crippen LogP contribution in [0.4, 0.5) is 0 Å². The molecule has 348 valence electrons. The van der Waals surface area contributed by atoms with Gasteiger partial charge in [-0.05, 0) is 34.8 Å². The number of halogens is 2. The molecule has 0 saturated heterocycles. The van der Waals surface area contributed by atoms with Crippen molar-refractivity contribution < 1.29 is 47.8 Å². The van der Waals surface area contributed by atoms with Gasteiger partial charge in [0.2, 0.25) is 0 Å². The molecule has 0 amide bonds. The monoisotopic (exact) mass is 1250 g/mol. The number of hydrogen-bond donors (Lipinski definition) is 0. The summed E-state index contributed by atoms with van der Waals surface area (Å²) in [6.07, 6.45) is 33.9. The summed E-state index contributed by atoms with van der Waals surface area (Å²) in [7, 11) is 0. The average Bonchev–Trinajstić information content (AvgIpc) is 4.09. The molecule has 4 heteroatoms. The van der Waals surface area contributed by atoms with E-state index < -0.39 is 0 Å². The average molecular weight is 1250 g/mol. The fourth-order valence-corrected chi connectivity index (χ4v) is 10.8. The van der Waals surface area contributed by atoms with Crippen LogP contribution in [0.2, 0.25) is 0 Å². The van der Waals surface area contributed by atoms with Crippen molar-refractivity contribution >= 4 is 31.3 Å². The molecule has 0 radical (unpaired) electrons. The van der Waals surface area contributed by atoms with E-state index >= 15 is 0 Å². The molecule has 0 spiro atoms. The van der Waals surface area contributed by atoms with E-state index in [1.54, 1.807) is 0 Å². The van der Waals surface area contributed by atoms with Gasteiger partial charge in [-0.3, -0.25) is 12.2 Å². The molecule has 2 fully saturated rings. The molecule has 0 heterocycles. The molecule has 6 aliphatic rings. The SMILES string of the molecule is CC(C)(C)c1c[c-]c2c(c1)-c1cc(C(C)(C)C)ccc1C2.CC(C)(C)c1c[c-]c2c(c1)-c1cc(C(C)(C)C)ccc1C2.Cl.Cl.[C-]1=CC=CC1.[C-]1=CC=CC1.[Hf+2]=[C]1CCCC1.[Hf+2]=[C]1CCCC1. The Morgan fingerprint density at radius 3 is 0.970 bits per heavy atom. The second-order valence-corrected chi connectivity index (χ2v) is 27.4. The van der Waals surface area contributed by atoms with Crippen molar-refractivity contribution in [2.75, 3.05) is 0 Å². The Kier molecular flexibility index (Phi) is 23.1. The summed E-state index contributed by atoms with van der Waals surface area (Å²) < 4.78 is 3.69. The predicted octanol–water partition coefficient (Wildman–Crippen LogP) is 17.3. The predicted molar refractivity (Wildman–Crippen MR) is 286 cm³/mol. The first-order valence-corrected chi connectivity index (χ1v) is 27.6. The van der Waals surface area contributed by atoms with E-state index in [1.807, 2.05) is 30.8 Å². The number of hydrogen-bond acceptors (Lipinski definition) is 0. The van der Waals surface area contributed by atoms with Gasteiger partial charge in [0.05, 0.1) is 0 Å². The third kappa shape index (κ3) is 17.7. The summed E-state index contributed by atoms with van der Waals surface area (Å²) in [6, 6.07) is 30.1. The van der Waals surface area contributed by atoms with E-state index in [2.05, 4.69) is 180 Å². The molecule has 0 N–H and O–H groups in total. The molecule has 4 aromatic carbocycles. The minimum absolute atomic E-state index is 0. The summed E-state index contributed by atoms with van der Waals surface area (Å²) in [5.41, 5.74) is 17.5. The first-order valence-electron chi connectivity index (χ1n) is 24.0. The molecule has 4 aromatic rings. The normalized spacial score (nSPS) is 15.7. The van der Waals surface area contributed by atoms with E-state index in [1.165, 1.54) is 166 Å². The molecule has 10 rings (SSSR count). The number of rotatable bonds is 0. The third-order valence-electron chi connectivity index (χ3n) is 12.6.